The van der Waals surface area contributed by atoms with Gasteiger partial charge in [0, 0.05) is 12.5 Å². The summed E-state index contributed by atoms with van der Waals surface area (Å²) in [6.45, 7) is 19.0. The van der Waals surface area contributed by atoms with E-state index in [-0.39, 0.29) is 11.8 Å². The summed E-state index contributed by atoms with van der Waals surface area (Å²) in [5.41, 5.74) is 3.50. The first kappa shape index (κ1) is 25.6. The Hall–Kier alpha value is -1.42. The molecule has 0 atom stereocenters. The van der Waals surface area contributed by atoms with Crippen LogP contribution in [0.15, 0.2) is 35.5 Å². The molecule has 0 radical (unpaired) electrons. The lowest BCUT2D eigenvalue weighted by Crippen LogP contribution is -2.49. The molecule has 0 aliphatic heterocycles. The van der Waals surface area contributed by atoms with E-state index in [4.69, 9.17) is 4.43 Å². The Kier molecular flexibility index (Phi) is 11.5. The molecule has 0 saturated heterocycles. The van der Waals surface area contributed by atoms with Crippen LogP contribution in [0.4, 0.5) is 0 Å². The Balaban J connectivity index is 4.82. The van der Waals surface area contributed by atoms with Gasteiger partial charge in [0.15, 0.2) is 5.78 Å². The minimum absolute atomic E-state index is 0.0700. The molecular weight excluding hydrogens is 352 g/mol. The van der Waals surface area contributed by atoms with Crippen molar-refractivity contribution < 1.29 is 14.0 Å². The topological polar surface area (TPSA) is 43.4 Å². The highest BCUT2D eigenvalue weighted by atomic mass is 28.4. The lowest BCUT2D eigenvalue weighted by molar-refractivity contribution is -0.130. The minimum atomic E-state index is -2.25. The van der Waals surface area contributed by atoms with Gasteiger partial charge in [-0.1, -0.05) is 64.8 Å². The van der Waals surface area contributed by atoms with Gasteiger partial charge in [0.25, 0.3) is 8.32 Å². The summed E-state index contributed by atoms with van der Waals surface area (Å²) < 4.78 is 6.01. The van der Waals surface area contributed by atoms with Crippen LogP contribution in [0.3, 0.4) is 0 Å². The van der Waals surface area contributed by atoms with Crippen LogP contribution >= 0.6 is 0 Å². The molecule has 154 valence electrons. The number of carbonyl (C=O) groups excluding carboxylic acids is 2. The maximum Gasteiger partial charge on any atom is 0.317 e. The first-order chi connectivity index (χ1) is 12.4. The lowest BCUT2D eigenvalue weighted by atomic mass is 10.1. The first-order valence-corrected chi connectivity index (χ1v) is 12.3. The molecule has 0 N–H and O–H groups in total. The second-order valence-electron chi connectivity index (χ2n) is 8.61. The normalized spacial score (nSPS) is 13.0. The summed E-state index contributed by atoms with van der Waals surface area (Å²) in [5.74, 6) is -0.449. The van der Waals surface area contributed by atoms with Crippen LogP contribution < -0.4 is 0 Å². The molecule has 3 nitrogen and oxygen atoms in total. The monoisotopic (exact) mass is 392 g/mol. The van der Waals surface area contributed by atoms with Crippen LogP contribution in [0.5, 0.6) is 0 Å². The SMILES string of the molecule is CC(C)=CCC/C(C)=C/CC(=O)/C=C\C(=O)O[Si](C(C)C)(C(C)C)C(C)C. The van der Waals surface area contributed by atoms with Gasteiger partial charge in [-0.3, -0.25) is 4.79 Å². The van der Waals surface area contributed by atoms with Crippen molar-refractivity contribution in [2.45, 2.75) is 98.2 Å². The van der Waals surface area contributed by atoms with Crippen molar-refractivity contribution in [2.75, 3.05) is 0 Å². The molecule has 0 aliphatic rings. The van der Waals surface area contributed by atoms with Gasteiger partial charge in [-0.2, -0.15) is 0 Å². The molecule has 0 amide bonds. The highest BCUT2D eigenvalue weighted by Gasteiger charge is 2.47. The van der Waals surface area contributed by atoms with E-state index in [0.717, 1.165) is 12.8 Å². The number of allylic oxidation sites excluding steroid dienone is 5. The molecule has 0 aromatic carbocycles. The summed E-state index contributed by atoms with van der Waals surface area (Å²) in [6.07, 6.45) is 9.09. The molecule has 0 heterocycles. The zero-order chi connectivity index (χ0) is 21.2. The fraction of sp³-hybridized carbons (Fsp3) is 0.652. The highest BCUT2D eigenvalue weighted by molar-refractivity contribution is 6.79. The van der Waals surface area contributed by atoms with Crippen LogP contribution in [-0.4, -0.2) is 20.1 Å². The van der Waals surface area contributed by atoms with E-state index < -0.39 is 8.32 Å². The van der Waals surface area contributed by atoms with Crippen molar-refractivity contribution in [1.82, 2.24) is 0 Å². The van der Waals surface area contributed by atoms with Crippen molar-refractivity contribution >= 4 is 20.1 Å². The predicted octanol–water partition coefficient (Wildman–Crippen LogP) is 6.91. The van der Waals surface area contributed by atoms with Crippen LogP contribution in [0.25, 0.3) is 0 Å². The predicted molar refractivity (Wildman–Crippen MR) is 118 cm³/mol. The van der Waals surface area contributed by atoms with Gasteiger partial charge < -0.3 is 4.43 Å². The van der Waals surface area contributed by atoms with E-state index in [1.807, 2.05) is 13.0 Å². The van der Waals surface area contributed by atoms with E-state index in [9.17, 15) is 9.59 Å². The number of rotatable bonds is 11. The average Bonchev–Trinajstić information content (AvgIpc) is 2.54. The van der Waals surface area contributed by atoms with Crippen LogP contribution in [0.1, 0.15) is 81.6 Å². The maximum absolute atomic E-state index is 12.4. The highest BCUT2D eigenvalue weighted by Crippen LogP contribution is 2.42. The summed E-state index contributed by atoms with van der Waals surface area (Å²) in [6, 6.07) is 0. The van der Waals surface area contributed by atoms with Gasteiger partial charge in [0.05, 0.1) is 0 Å². The smallest absolute Gasteiger partial charge is 0.317 e. The molecule has 0 aliphatic carbocycles. The third kappa shape index (κ3) is 8.87. The van der Waals surface area contributed by atoms with Crippen molar-refractivity contribution in [2.24, 2.45) is 0 Å². The van der Waals surface area contributed by atoms with Gasteiger partial charge >= 0.3 is 5.97 Å². The minimum Gasteiger partial charge on any atom is -0.515 e. The van der Waals surface area contributed by atoms with Crippen molar-refractivity contribution in [3.63, 3.8) is 0 Å². The van der Waals surface area contributed by atoms with Crippen LogP contribution in [0.2, 0.25) is 16.6 Å². The van der Waals surface area contributed by atoms with Crippen LogP contribution in [-0.2, 0) is 14.0 Å². The van der Waals surface area contributed by atoms with Gasteiger partial charge in [-0.15, -0.1) is 0 Å². The van der Waals surface area contributed by atoms with Gasteiger partial charge in [-0.05, 0) is 56.3 Å². The number of hydrogen-bond acceptors (Lipinski definition) is 3. The number of carbonyl (C=O) groups is 2. The van der Waals surface area contributed by atoms with Gasteiger partial charge in [-0.25, -0.2) is 4.79 Å². The molecule has 0 unspecified atom stereocenters. The van der Waals surface area contributed by atoms with Crippen molar-refractivity contribution in [1.29, 1.82) is 0 Å². The number of ketones is 1. The second-order valence-corrected chi connectivity index (χ2v) is 14.0. The summed E-state index contributed by atoms with van der Waals surface area (Å²) in [5, 5.41) is 0. The Morgan fingerprint density at radius 3 is 1.81 bits per heavy atom. The van der Waals surface area contributed by atoms with Crippen molar-refractivity contribution in [3.05, 3.63) is 35.5 Å². The van der Waals surface area contributed by atoms with Gasteiger partial charge in [0.1, 0.15) is 0 Å². The van der Waals surface area contributed by atoms with E-state index in [0.29, 0.717) is 23.0 Å². The molecule has 4 heteroatoms. The standard InChI is InChI=1S/C23H40O3Si/c1-17(2)11-10-12-21(9)13-14-22(24)15-16-23(25)26-27(18(3)4,19(5)6)20(7)8/h11,13,15-16,18-20H,10,12,14H2,1-9H3/b16-15-,21-13+. The molecule has 0 aromatic heterocycles. The molecular formula is C23H40O3Si. The molecule has 27 heavy (non-hydrogen) atoms. The summed E-state index contributed by atoms with van der Waals surface area (Å²) in [7, 11) is -2.25. The lowest BCUT2D eigenvalue weighted by Gasteiger charge is -2.40. The Labute approximate surface area is 168 Å². The molecule has 0 spiro atoms. The number of hydrogen-bond donors (Lipinski definition) is 0. The Morgan fingerprint density at radius 1 is 0.852 bits per heavy atom. The summed E-state index contributed by atoms with van der Waals surface area (Å²) >= 11 is 0. The zero-order valence-electron chi connectivity index (χ0n) is 18.9. The largest absolute Gasteiger partial charge is 0.515 e. The quantitative estimate of drug-likeness (QED) is 0.218. The van der Waals surface area contributed by atoms with Crippen LogP contribution in [0, 0.1) is 0 Å². The summed E-state index contributed by atoms with van der Waals surface area (Å²) in [4.78, 5) is 24.4. The Morgan fingerprint density at radius 2 is 1.37 bits per heavy atom. The average molecular weight is 393 g/mol. The third-order valence-corrected chi connectivity index (χ3v) is 11.1. The van der Waals surface area contributed by atoms with Crippen molar-refractivity contribution in [3.8, 4) is 0 Å². The fourth-order valence-corrected chi connectivity index (χ4v) is 8.88. The Bertz CT molecular complexity index is 555. The third-order valence-electron chi connectivity index (χ3n) is 5.13. The molecule has 0 bridgehead atoms. The first-order valence-electron chi connectivity index (χ1n) is 10.2. The zero-order valence-corrected chi connectivity index (χ0v) is 19.9. The molecule has 0 aromatic rings. The van der Waals surface area contributed by atoms with Gasteiger partial charge in [0.2, 0.25) is 0 Å². The molecule has 0 rings (SSSR count). The van der Waals surface area contributed by atoms with E-state index >= 15 is 0 Å². The second kappa shape index (κ2) is 12.1. The van der Waals surface area contributed by atoms with E-state index in [2.05, 4.69) is 61.5 Å². The maximum atomic E-state index is 12.4. The molecule has 0 fully saturated rings. The fourth-order valence-electron chi connectivity index (χ4n) is 3.76. The molecule has 0 saturated carbocycles. The van der Waals surface area contributed by atoms with E-state index in [1.165, 1.54) is 23.3 Å². The van der Waals surface area contributed by atoms with E-state index in [1.54, 1.807) is 0 Å².